The maximum atomic E-state index is 12.0. The van der Waals surface area contributed by atoms with Crippen LogP contribution in [0.1, 0.15) is 20.8 Å². The quantitative estimate of drug-likeness (QED) is 0.315. The van der Waals surface area contributed by atoms with Crippen LogP contribution in [0.5, 0.6) is 0 Å². The monoisotopic (exact) mass is 393 g/mol. The van der Waals surface area contributed by atoms with Crippen molar-refractivity contribution in [2.45, 2.75) is 0 Å². The molecule has 0 aliphatic heterocycles. The Morgan fingerprint density at radius 1 is 1.26 bits per heavy atom. The molecule has 0 bridgehead atoms. The molecule has 1 aromatic carbocycles. The van der Waals surface area contributed by atoms with E-state index in [2.05, 4.69) is 26.5 Å². The van der Waals surface area contributed by atoms with Gasteiger partial charge in [0, 0.05) is 16.5 Å². The lowest BCUT2D eigenvalue weighted by Crippen LogP contribution is -2.17. The molecule has 0 aliphatic rings. The van der Waals surface area contributed by atoms with Crippen molar-refractivity contribution in [1.82, 2.24) is 10.9 Å². The highest BCUT2D eigenvalue weighted by atomic mass is 79.9. The van der Waals surface area contributed by atoms with E-state index in [4.69, 9.17) is 5.21 Å². The van der Waals surface area contributed by atoms with E-state index in [-0.39, 0.29) is 5.91 Å². The average molecular weight is 394 g/mol. The van der Waals surface area contributed by atoms with Crippen LogP contribution in [0.4, 0.5) is 0 Å². The first-order chi connectivity index (χ1) is 11.1. The van der Waals surface area contributed by atoms with Crippen molar-refractivity contribution >= 4 is 51.4 Å². The molecule has 0 aliphatic carbocycles. The van der Waals surface area contributed by atoms with Gasteiger partial charge in [0.15, 0.2) is 0 Å². The number of hydrazone groups is 1. The van der Waals surface area contributed by atoms with Gasteiger partial charge in [0.1, 0.15) is 0 Å². The second kappa shape index (κ2) is 8.37. The lowest BCUT2D eigenvalue weighted by atomic mass is 10.1. The molecule has 6 nitrogen and oxygen atoms in total. The van der Waals surface area contributed by atoms with Gasteiger partial charge in [0.2, 0.25) is 0 Å². The SMILES string of the molecule is O=C(/C=C/c1cccc(C(=O)N/N=C/c2ccc(Br)s2)c1)NO. The second-order valence-electron chi connectivity index (χ2n) is 4.28. The second-order valence-corrected chi connectivity index (χ2v) is 6.77. The number of hydrogen-bond donors (Lipinski definition) is 3. The van der Waals surface area contributed by atoms with Crippen molar-refractivity contribution in [1.29, 1.82) is 0 Å². The number of hydrogen-bond acceptors (Lipinski definition) is 5. The minimum Gasteiger partial charge on any atom is -0.288 e. The summed E-state index contributed by atoms with van der Waals surface area (Å²) in [6.45, 7) is 0. The van der Waals surface area contributed by atoms with Crippen molar-refractivity contribution < 1.29 is 14.8 Å². The smallest absolute Gasteiger partial charge is 0.271 e. The van der Waals surface area contributed by atoms with Gasteiger partial charge in [0.05, 0.1) is 10.0 Å². The summed E-state index contributed by atoms with van der Waals surface area (Å²) in [5, 5.41) is 12.3. The van der Waals surface area contributed by atoms with E-state index in [0.29, 0.717) is 11.1 Å². The third kappa shape index (κ3) is 5.44. The van der Waals surface area contributed by atoms with Crippen LogP contribution in [0.25, 0.3) is 6.08 Å². The number of hydroxylamine groups is 1. The standard InChI is InChI=1S/C15H12BrN3O3S/c16-13-6-5-12(23-13)9-17-18-15(21)11-3-1-2-10(8-11)4-7-14(20)19-22/h1-9,22H,(H,18,21)(H,19,20)/b7-4+,17-9+. The van der Waals surface area contributed by atoms with Crippen LogP contribution >= 0.6 is 27.3 Å². The van der Waals surface area contributed by atoms with E-state index in [1.807, 2.05) is 12.1 Å². The zero-order valence-electron chi connectivity index (χ0n) is 11.7. The van der Waals surface area contributed by atoms with Gasteiger partial charge in [-0.2, -0.15) is 5.10 Å². The lowest BCUT2D eigenvalue weighted by Gasteiger charge is -2.01. The summed E-state index contributed by atoms with van der Waals surface area (Å²) in [6, 6.07) is 10.4. The number of carbonyl (C=O) groups excluding carboxylic acids is 2. The fourth-order valence-electron chi connectivity index (χ4n) is 1.61. The fourth-order valence-corrected chi connectivity index (χ4v) is 2.91. The van der Waals surface area contributed by atoms with Crippen molar-refractivity contribution in [2.24, 2.45) is 5.10 Å². The molecule has 1 heterocycles. The van der Waals surface area contributed by atoms with Gasteiger partial charge in [-0.3, -0.25) is 14.8 Å². The van der Waals surface area contributed by atoms with Crippen LogP contribution in [0.2, 0.25) is 0 Å². The Morgan fingerprint density at radius 2 is 2.09 bits per heavy atom. The summed E-state index contributed by atoms with van der Waals surface area (Å²) < 4.78 is 0.983. The van der Waals surface area contributed by atoms with Crippen LogP contribution < -0.4 is 10.9 Å². The number of rotatable bonds is 5. The van der Waals surface area contributed by atoms with Gasteiger partial charge < -0.3 is 0 Å². The number of benzene rings is 1. The van der Waals surface area contributed by atoms with Crippen LogP contribution in [-0.4, -0.2) is 23.2 Å². The van der Waals surface area contributed by atoms with E-state index >= 15 is 0 Å². The van der Waals surface area contributed by atoms with Crippen LogP contribution in [0.15, 0.2) is 51.4 Å². The third-order valence-electron chi connectivity index (χ3n) is 2.64. The number of thiophene rings is 1. The lowest BCUT2D eigenvalue weighted by molar-refractivity contribution is -0.124. The third-order valence-corrected chi connectivity index (χ3v) is 4.20. The average Bonchev–Trinajstić information content (AvgIpc) is 2.98. The highest BCUT2D eigenvalue weighted by Gasteiger charge is 2.04. The van der Waals surface area contributed by atoms with Crippen LogP contribution in [-0.2, 0) is 4.79 Å². The first-order valence-corrected chi connectivity index (χ1v) is 8.00. The summed E-state index contributed by atoms with van der Waals surface area (Å²) in [4.78, 5) is 23.9. The fraction of sp³-hybridized carbons (Fsp3) is 0. The highest BCUT2D eigenvalue weighted by molar-refractivity contribution is 9.11. The predicted molar refractivity (Wildman–Crippen MR) is 92.5 cm³/mol. The normalized spacial score (nSPS) is 11.0. The Bertz CT molecular complexity index is 771. The molecule has 2 aromatic rings. The molecule has 0 saturated carbocycles. The van der Waals surface area contributed by atoms with Crippen molar-refractivity contribution in [3.8, 4) is 0 Å². The number of amides is 2. The number of halogens is 1. The molecule has 118 valence electrons. The van der Waals surface area contributed by atoms with E-state index in [1.54, 1.807) is 30.5 Å². The summed E-state index contributed by atoms with van der Waals surface area (Å²) in [7, 11) is 0. The summed E-state index contributed by atoms with van der Waals surface area (Å²) in [6.07, 6.45) is 4.20. The van der Waals surface area contributed by atoms with E-state index in [1.165, 1.54) is 22.9 Å². The maximum Gasteiger partial charge on any atom is 0.271 e. The van der Waals surface area contributed by atoms with Gasteiger partial charge >= 0.3 is 0 Å². The molecular weight excluding hydrogens is 382 g/mol. The number of carbonyl (C=O) groups is 2. The topological polar surface area (TPSA) is 90.8 Å². The number of nitrogens with zero attached hydrogens (tertiary/aromatic N) is 1. The van der Waals surface area contributed by atoms with Crippen molar-refractivity contribution in [2.75, 3.05) is 0 Å². The Labute approximate surface area is 144 Å². The highest BCUT2D eigenvalue weighted by Crippen LogP contribution is 2.20. The first kappa shape index (κ1) is 17.1. The molecule has 0 atom stereocenters. The van der Waals surface area contributed by atoms with Crippen LogP contribution in [0.3, 0.4) is 0 Å². The van der Waals surface area contributed by atoms with Crippen molar-refractivity contribution in [3.05, 3.63) is 62.3 Å². The zero-order valence-corrected chi connectivity index (χ0v) is 14.1. The zero-order chi connectivity index (χ0) is 16.7. The van der Waals surface area contributed by atoms with Gasteiger partial charge in [-0.05, 0) is 51.8 Å². The molecule has 23 heavy (non-hydrogen) atoms. The summed E-state index contributed by atoms with van der Waals surface area (Å²) in [5.41, 5.74) is 4.98. The Kier molecular flexibility index (Phi) is 6.21. The predicted octanol–water partition coefficient (Wildman–Crippen LogP) is 2.79. The van der Waals surface area contributed by atoms with Gasteiger partial charge in [-0.1, -0.05) is 12.1 Å². The minimum atomic E-state index is -0.647. The molecule has 2 amide bonds. The van der Waals surface area contributed by atoms with Gasteiger partial charge in [-0.25, -0.2) is 10.9 Å². The maximum absolute atomic E-state index is 12.0. The van der Waals surface area contributed by atoms with E-state index in [0.717, 1.165) is 14.7 Å². The van der Waals surface area contributed by atoms with E-state index in [9.17, 15) is 9.59 Å². The molecule has 3 N–H and O–H groups in total. The molecule has 8 heteroatoms. The molecule has 0 radical (unpaired) electrons. The first-order valence-electron chi connectivity index (χ1n) is 6.39. The van der Waals surface area contributed by atoms with Crippen molar-refractivity contribution in [3.63, 3.8) is 0 Å². The molecule has 0 fully saturated rings. The molecule has 0 saturated heterocycles. The minimum absolute atomic E-state index is 0.362. The van der Waals surface area contributed by atoms with Crippen LogP contribution in [0, 0.1) is 0 Å². The van der Waals surface area contributed by atoms with Gasteiger partial charge in [0.25, 0.3) is 11.8 Å². The summed E-state index contributed by atoms with van der Waals surface area (Å²) >= 11 is 4.84. The molecule has 0 spiro atoms. The number of nitrogens with one attached hydrogen (secondary N) is 2. The Morgan fingerprint density at radius 3 is 2.78 bits per heavy atom. The summed E-state index contributed by atoms with van der Waals surface area (Å²) in [5.74, 6) is -1.01. The van der Waals surface area contributed by atoms with E-state index < -0.39 is 5.91 Å². The molecule has 0 unspecified atom stereocenters. The Hall–Kier alpha value is -2.29. The Balaban J connectivity index is 2.00. The molecule has 2 rings (SSSR count). The van der Waals surface area contributed by atoms with Gasteiger partial charge in [-0.15, -0.1) is 11.3 Å². The molecular formula is C15H12BrN3O3S. The largest absolute Gasteiger partial charge is 0.288 e. The molecule has 1 aromatic heterocycles.